The number of aliphatic hydroxyl groups is 1. The molecule has 1 aliphatic heterocycles. The summed E-state index contributed by atoms with van der Waals surface area (Å²) >= 11 is 0. The first-order valence-corrected chi connectivity index (χ1v) is 14.0. The van der Waals surface area contributed by atoms with Crippen LogP contribution in [0.3, 0.4) is 0 Å². The zero-order chi connectivity index (χ0) is 27.6. The topological polar surface area (TPSA) is 102 Å². The van der Waals surface area contributed by atoms with Gasteiger partial charge in [0.15, 0.2) is 0 Å². The Kier molecular flexibility index (Phi) is 7.91. The lowest BCUT2D eigenvalue weighted by Gasteiger charge is -2.35. The number of H-pyrrole nitrogens is 2. The average molecular weight is 531 g/mol. The highest BCUT2D eigenvalue weighted by molar-refractivity contribution is 5.73. The molecular weight excluding hydrogens is 488 g/mol. The molecule has 8 heteroatoms. The quantitative estimate of drug-likeness (QED) is 0.270. The van der Waals surface area contributed by atoms with Gasteiger partial charge in [0.05, 0.1) is 36.2 Å². The second kappa shape index (κ2) is 11.2. The predicted molar refractivity (Wildman–Crippen MR) is 155 cm³/mol. The molecule has 2 aliphatic rings. The minimum absolute atomic E-state index is 0.0522. The molecule has 0 saturated carbocycles. The third-order valence-electron chi connectivity index (χ3n) is 8.40. The van der Waals surface area contributed by atoms with E-state index in [1.807, 2.05) is 12.4 Å². The van der Waals surface area contributed by atoms with E-state index in [0.29, 0.717) is 5.92 Å². The Bertz CT molecular complexity index is 1290. The number of hydrogen-bond acceptors (Lipinski definition) is 6. The van der Waals surface area contributed by atoms with Crippen LogP contribution in [0.25, 0.3) is 16.8 Å². The van der Waals surface area contributed by atoms with Crippen LogP contribution in [0.1, 0.15) is 70.1 Å². The zero-order valence-electron chi connectivity index (χ0n) is 23.7. The Morgan fingerprint density at radius 3 is 2.67 bits per heavy atom. The van der Waals surface area contributed by atoms with Crippen LogP contribution in [0.5, 0.6) is 0 Å². The molecule has 1 saturated heterocycles. The molecular formula is C31H42N6O2. The lowest BCUT2D eigenvalue weighted by atomic mass is 9.75. The third kappa shape index (κ3) is 6.09. The fourth-order valence-electron chi connectivity index (χ4n) is 5.68. The van der Waals surface area contributed by atoms with Crippen molar-refractivity contribution >= 4 is 5.57 Å². The molecule has 5 rings (SSSR count). The Labute approximate surface area is 231 Å². The molecule has 4 unspecified atom stereocenters. The van der Waals surface area contributed by atoms with Gasteiger partial charge in [-0.2, -0.15) is 0 Å². The van der Waals surface area contributed by atoms with Gasteiger partial charge < -0.3 is 19.8 Å². The van der Waals surface area contributed by atoms with E-state index >= 15 is 0 Å². The number of nitrogens with zero attached hydrogens (tertiary/aromatic N) is 3. The summed E-state index contributed by atoms with van der Waals surface area (Å²) in [7, 11) is 1.52. The van der Waals surface area contributed by atoms with Crippen molar-refractivity contribution in [1.82, 2.24) is 30.2 Å². The molecule has 3 aromatic rings. The van der Waals surface area contributed by atoms with E-state index in [9.17, 15) is 5.11 Å². The van der Waals surface area contributed by atoms with Crippen molar-refractivity contribution in [2.24, 2.45) is 5.92 Å². The van der Waals surface area contributed by atoms with E-state index in [1.54, 1.807) is 13.3 Å². The maximum absolute atomic E-state index is 10.4. The number of allylic oxidation sites excluding steroid dienone is 4. The fraction of sp³-hybridized carbons (Fsp3) is 0.484. The van der Waals surface area contributed by atoms with E-state index in [2.05, 4.69) is 88.4 Å². The summed E-state index contributed by atoms with van der Waals surface area (Å²) in [5, 5.41) is 13.7. The maximum Gasteiger partial charge on any atom is 0.221 e. The van der Waals surface area contributed by atoms with Crippen molar-refractivity contribution in [3.05, 3.63) is 78.3 Å². The van der Waals surface area contributed by atoms with Crippen molar-refractivity contribution in [3.8, 4) is 11.3 Å². The van der Waals surface area contributed by atoms with Gasteiger partial charge in [0.25, 0.3) is 0 Å². The summed E-state index contributed by atoms with van der Waals surface area (Å²) < 4.78 is 5.22. The van der Waals surface area contributed by atoms with E-state index in [1.165, 1.54) is 18.2 Å². The summed E-state index contributed by atoms with van der Waals surface area (Å²) in [6.07, 6.45) is 15.5. The van der Waals surface area contributed by atoms with Gasteiger partial charge in [-0.3, -0.25) is 10.2 Å². The molecule has 0 bridgehead atoms. The number of ether oxygens (including phenoxy) is 1. The molecule has 2 aromatic heterocycles. The standard InChI is InChI=1S/C31H42N6O2/c1-21(2)27(36-31(4,38)39-5)19-37-16-6-7-28(37)29-33-18-26(35-29)23-12-14-30(3,15-13-23)24-10-8-22(9-11-24)25-17-32-20-34-25/h8-14,17-18,20-21,27-28,36,38H,6-7,15-16,19H2,1-5H3,(H,32,34)(H,33,35). The van der Waals surface area contributed by atoms with Gasteiger partial charge in [-0.1, -0.05) is 63.3 Å². The summed E-state index contributed by atoms with van der Waals surface area (Å²) in [5.74, 6) is 0.00647. The number of nitrogens with one attached hydrogen (secondary N) is 3. The summed E-state index contributed by atoms with van der Waals surface area (Å²) in [6, 6.07) is 9.07. The van der Waals surface area contributed by atoms with Crippen molar-refractivity contribution in [2.75, 3.05) is 20.2 Å². The number of aromatic amines is 2. The highest BCUT2D eigenvalue weighted by Crippen LogP contribution is 2.37. The van der Waals surface area contributed by atoms with Crippen molar-refractivity contribution in [1.29, 1.82) is 0 Å². The number of benzene rings is 1. The highest BCUT2D eigenvalue weighted by atomic mass is 16.6. The average Bonchev–Trinajstić information content (AvgIpc) is 3.71. The van der Waals surface area contributed by atoms with Crippen LogP contribution in [0, 0.1) is 5.92 Å². The molecule has 1 fully saturated rings. The molecule has 0 radical (unpaired) electrons. The third-order valence-corrected chi connectivity index (χ3v) is 8.40. The van der Waals surface area contributed by atoms with Crippen LogP contribution < -0.4 is 5.32 Å². The molecule has 39 heavy (non-hydrogen) atoms. The second-order valence-electron chi connectivity index (χ2n) is 11.7. The molecule has 1 aromatic carbocycles. The monoisotopic (exact) mass is 530 g/mol. The minimum atomic E-state index is -1.35. The first kappa shape index (κ1) is 27.5. The van der Waals surface area contributed by atoms with Gasteiger partial charge >= 0.3 is 0 Å². The number of aromatic nitrogens is 4. The minimum Gasteiger partial charge on any atom is -0.354 e. The normalized spacial score (nSPS) is 24.2. The lowest BCUT2D eigenvalue weighted by molar-refractivity contribution is -0.202. The second-order valence-corrected chi connectivity index (χ2v) is 11.7. The van der Waals surface area contributed by atoms with Crippen LogP contribution in [-0.2, 0) is 10.2 Å². The molecule has 208 valence electrons. The van der Waals surface area contributed by atoms with E-state index in [0.717, 1.165) is 55.1 Å². The van der Waals surface area contributed by atoms with Crippen LogP contribution >= 0.6 is 0 Å². The fourth-order valence-corrected chi connectivity index (χ4v) is 5.68. The summed E-state index contributed by atoms with van der Waals surface area (Å²) in [5.41, 5.74) is 5.66. The Morgan fingerprint density at radius 2 is 2.03 bits per heavy atom. The van der Waals surface area contributed by atoms with E-state index in [4.69, 9.17) is 9.72 Å². The van der Waals surface area contributed by atoms with Crippen molar-refractivity contribution in [3.63, 3.8) is 0 Å². The molecule has 0 spiro atoms. The molecule has 0 amide bonds. The van der Waals surface area contributed by atoms with Gasteiger partial charge in [0.1, 0.15) is 5.82 Å². The smallest absolute Gasteiger partial charge is 0.221 e. The van der Waals surface area contributed by atoms with Crippen LogP contribution in [0.15, 0.2) is 61.2 Å². The number of rotatable bonds is 10. The van der Waals surface area contributed by atoms with Crippen LogP contribution in [0.4, 0.5) is 0 Å². The number of likely N-dealkylation sites (tertiary alicyclic amines) is 1. The number of methoxy groups -OCH3 is 1. The predicted octanol–water partition coefficient (Wildman–Crippen LogP) is 5.16. The van der Waals surface area contributed by atoms with Crippen molar-refractivity contribution in [2.45, 2.75) is 70.4 Å². The largest absolute Gasteiger partial charge is 0.354 e. The molecule has 3 heterocycles. The number of imidazole rings is 2. The van der Waals surface area contributed by atoms with Gasteiger partial charge in [-0.05, 0) is 48.4 Å². The van der Waals surface area contributed by atoms with Crippen molar-refractivity contribution < 1.29 is 9.84 Å². The summed E-state index contributed by atoms with van der Waals surface area (Å²) in [6.45, 7) is 10.1. The molecule has 4 N–H and O–H groups in total. The van der Waals surface area contributed by atoms with Gasteiger partial charge in [0, 0.05) is 32.0 Å². The Hall–Kier alpha value is -3.04. The summed E-state index contributed by atoms with van der Waals surface area (Å²) in [4.78, 5) is 18.2. The first-order valence-electron chi connectivity index (χ1n) is 14.0. The molecule has 1 aliphatic carbocycles. The maximum atomic E-state index is 10.4. The number of hydrogen-bond donors (Lipinski definition) is 4. The van der Waals surface area contributed by atoms with Gasteiger partial charge in [-0.25, -0.2) is 9.97 Å². The van der Waals surface area contributed by atoms with Gasteiger partial charge in [0.2, 0.25) is 5.91 Å². The Balaban J connectivity index is 1.25. The van der Waals surface area contributed by atoms with Crippen LogP contribution in [0.2, 0.25) is 0 Å². The van der Waals surface area contributed by atoms with Crippen LogP contribution in [-0.4, -0.2) is 62.1 Å². The molecule has 8 nitrogen and oxygen atoms in total. The zero-order valence-corrected chi connectivity index (χ0v) is 23.7. The van der Waals surface area contributed by atoms with E-state index < -0.39 is 5.91 Å². The molecule has 4 atom stereocenters. The highest BCUT2D eigenvalue weighted by Gasteiger charge is 2.34. The van der Waals surface area contributed by atoms with Gasteiger partial charge in [-0.15, -0.1) is 0 Å². The lowest BCUT2D eigenvalue weighted by Crippen LogP contribution is -2.55. The Morgan fingerprint density at radius 1 is 1.23 bits per heavy atom. The SMILES string of the molecule is COC(C)(O)NC(CN1CCCC1c1ncc(C2=CCC(C)(c3ccc(-c4cnc[nH]4)cc3)C=C2)[nH]1)C(C)C. The first-order chi connectivity index (χ1) is 18.7. The van der Waals surface area contributed by atoms with E-state index in [-0.39, 0.29) is 17.5 Å².